The van der Waals surface area contributed by atoms with E-state index in [4.69, 9.17) is 4.74 Å². The molecule has 4 rings (SSSR count). The average Bonchev–Trinajstić information content (AvgIpc) is 3.42. The van der Waals surface area contributed by atoms with Gasteiger partial charge in [0, 0.05) is 60.6 Å². The minimum atomic E-state index is -0.519. The van der Waals surface area contributed by atoms with Crippen molar-refractivity contribution in [3.05, 3.63) is 61.4 Å². The quantitative estimate of drug-likeness (QED) is 0.483. The second-order valence-corrected chi connectivity index (χ2v) is 8.70. The summed E-state index contributed by atoms with van der Waals surface area (Å²) in [7, 11) is 1.90. The molecule has 9 heteroatoms. The van der Waals surface area contributed by atoms with Gasteiger partial charge < -0.3 is 10.1 Å². The van der Waals surface area contributed by atoms with Crippen molar-refractivity contribution in [2.24, 2.45) is 7.05 Å². The number of carbonyl (C=O) groups is 1. The highest BCUT2D eigenvalue weighted by molar-refractivity contribution is 5.70. The molecule has 0 atom stereocenters. The zero-order valence-electron chi connectivity index (χ0n) is 19.2. The summed E-state index contributed by atoms with van der Waals surface area (Å²) < 4.78 is 8.77. The fourth-order valence-electron chi connectivity index (χ4n) is 3.26. The summed E-state index contributed by atoms with van der Waals surface area (Å²) >= 11 is 0. The predicted molar refractivity (Wildman–Crippen MR) is 125 cm³/mol. The van der Waals surface area contributed by atoms with Crippen LogP contribution in [0.1, 0.15) is 20.8 Å². The summed E-state index contributed by atoms with van der Waals surface area (Å²) in [6, 6.07) is 8.08. The van der Waals surface area contributed by atoms with Gasteiger partial charge in [0.25, 0.3) is 0 Å². The Balaban J connectivity index is 1.39. The third-order valence-electron chi connectivity index (χ3n) is 4.79. The molecular weight excluding hydrogens is 418 g/mol. The Kier molecular flexibility index (Phi) is 6.21. The van der Waals surface area contributed by atoms with Crippen molar-refractivity contribution in [3.8, 4) is 33.6 Å². The SMILES string of the molecule is Cn1cc(-c2cccc(-c3ncc(-c4cnn(CCNC(=O)OC(C)(C)C)c4)cn3)c2)cn1. The van der Waals surface area contributed by atoms with Gasteiger partial charge in [-0.2, -0.15) is 10.2 Å². The smallest absolute Gasteiger partial charge is 0.407 e. The van der Waals surface area contributed by atoms with Crippen LogP contribution in [0.5, 0.6) is 0 Å². The number of nitrogens with one attached hydrogen (secondary N) is 1. The van der Waals surface area contributed by atoms with E-state index in [1.807, 2.05) is 64.6 Å². The van der Waals surface area contributed by atoms with Crippen molar-refractivity contribution in [3.63, 3.8) is 0 Å². The summed E-state index contributed by atoms with van der Waals surface area (Å²) in [6.07, 6.45) is 10.6. The maximum Gasteiger partial charge on any atom is 0.407 e. The number of benzene rings is 1. The summed E-state index contributed by atoms with van der Waals surface area (Å²) in [6.45, 7) is 6.43. The molecule has 0 aliphatic carbocycles. The van der Waals surface area contributed by atoms with E-state index in [1.165, 1.54) is 0 Å². The van der Waals surface area contributed by atoms with Crippen LogP contribution < -0.4 is 5.32 Å². The highest BCUT2D eigenvalue weighted by Crippen LogP contribution is 2.25. The van der Waals surface area contributed by atoms with E-state index in [1.54, 1.807) is 28.0 Å². The topological polar surface area (TPSA) is 99.8 Å². The lowest BCUT2D eigenvalue weighted by molar-refractivity contribution is 0.0525. The first-order chi connectivity index (χ1) is 15.8. The van der Waals surface area contributed by atoms with Gasteiger partial charge in [-0.1, -0.05) is 18.2 Å². The molecule has 1 N–H and O–H groups in total. The molecule has 0 radical (unpaired) electrons. The average molecular weight is 446 g/mol. The molecule has 3 heterocycles. The third-order valence-corrected chi connectivity index (χ3v) is 4.79. The predicted octanol–water partition coefficient (Wildman–Crippen LogP) is 3.93. The van der Waals surface area contributed by atoms with Gasteiger partial charge >= 0.3 is 6.09 Å². The van der Waals surface area contributed by atoms with Crippen LogP contribution >= 0.6 is 0 Å². The molecule has 0 saturated carbocycles. The Bertz CT molecular complexity index is 1240. The molecule has 0 aliphatic rings. The van der Waals surface area contributed by atoms with Gasteiger partial charge in [0.1, 0.15) is 5.60 Å². The van der Waals surface area contributed by atoms with Crippen LogP contribution in [0.25, 0.3) is 33.6 Å². The monoisotopic (exact) mass is 445 g/mol. The van der Waals surface area contributed by atoms with Crippen LogP contribution in [0, 0.1) is 0 Å². The van der Waals surface area contributed by atoms with Gasteiger partial charge in [-0.15, -0.1) is 0 Å². The number of alkyl carbamates (subject to hydrolysis) is 1. The van der Waals surface area contributed by atoms with Gasteiger partial charge in [-0.3, -0.25) is 9.36 Å². The molecule has 170 valence electrons. The molecule has 0 aliphatic heterocycles. The van der Waals surface area contributed by atoms with E-state index in [0.29, 0.717) is 18.9 Å². The molecule has 1 amide bonds. The molecule has 0 bridgehead atoms. The van der Waals surface area contributed by atoms with Crippen molar-refractivity contribution in [2.45, 2.75) is 32.9 Å². The Hall–Kier alpha value is -4.01. The highest BCUT2D eigenvalue weighted by atomic mass is 16.6. The van der Waals surface area contributed by atoms with Crippen LogP contribution in [0.15, 0.2) is 61.4 Å². The molecule has 0 saturated heterocycles. The Morgan fingerprint density at radius 2 is 1.64 bits per heavy atom. The number of carbonyl (C=O) groups excluding carboxylic acids is 1. The van der Waals surface area contributed by atoms with Gasteiger partial charge in [0.2, 0.25) is 0 Å². The molecule has 9 nitrogen and oxygen atoms in total. The van der Waals surface area contributed by atoms with Crippen LogP contribution in [0.2, 0.25) is 0 Å². The first-order valence-electron chi connectivity index (χ1n) is 10.7. The number of rotatable bonds is 6. The van der Waals surface area contributed by atoms with Crippen LogP contribution in [-0.4, -0.2) is 47.8 Å². The minimum absolute atomic E-state index is 0.415. The zero-order chi connectivity index (χ0) is 23.4. The third kappa shape index (κ3) is 5.82. The van der Waals surface area contributed by atoms with Crippen molar-refractivity contribution in [1.29, 1.82) is 0 Å². The van der Waals surface area contributed by atoms with E-state index in [0.717, 1.165) is 27.8 Å². The van der Waals surface area contributed by atoms with E-state index < -0.39 is 11.7 Å². The van der Waals surface area contributed by atoms with Crippen molar-refractivity contribution in [1.82, 2.24) is 34.8 Å². The number of aryl methyl sites for hydroxylation is 1. The van der Waals surface area contributed by atoms with Gasteiger partial charge in [-0.25, -0.2) is 14.8 Å². The second kappa shape index (κ2) is 9.23. The maximum absolute atomic E-state index is 11.7. The summed E-state index contributed by atoms with van der Waals surface area (Å²) in [5.41, 5.74) is 4.30. The number of nitrogens with zero attached hydrogens (tertiary/aromatic N) is 6. The molecule has 1 aromatic carbocycles. The lowest BCUT2D eigenvalue weighted by Crippen LogP contribution is -2.34. The van der Waals surface area contributed by atoms with Crippen LogP contribution in [0.4, 0.5) is 4.79 Å². The molecular formula is C24H27N7O2. The van der Waals surface area contributed by atoms with E-state index >= 15 is 0 Å². The first-order valence-corrected chi connectivity index (χ1v) is 10.7. The molecule has 4 aromatic rings. The molecule has 0 fully saturated rings. The zero-order valence-corrected chi connectivity index (χ0v) is 19.2. The highest BCUT2D eigenvalue weighted by Gasteiger charge is 2.15. The molecule has 0 spiro atoms. The van der Waals surface area contributed by atoms with Gasteiger partial charge in [0.15, 0.2) is 5.82 Å². The maximum atomic E-state index is 11.7. The lowest BCUT2D eigenvalue weighted by atomic mass is 10.1. The fraction of sp³-hybridized carbons (Fsp3) is 0.292. The summed E-state index contributed by atoms with van der Waals surface area (Å²) in [5, 5.41) is 11.3. The number of aromatic nitrogens is 6. The first kappa shape index (κ1) is 22.2. The fourth-order valence-corrected chi connectivity index (χ4v) is 3.26. The normalized spacial score (nSPS) is 11.4. The number of hydrogen-bond acceptors (Lipinski definition) is 6. The summed E-state index contributed by atoms with van der Waals surface area (Å²) in [5.74, 6) is 0.651. The van der Waals surface area contributed by atoms with E-state index in [-0.39, 0.29) is 0 Å². The van der Waals surface area contributed by atoms with Gasteiger partial charge in [0.05, 0.1) is 18.9 Å². The number of ether oxygens (including phenoxy) is 1. The van der Waals surface area contributed by atoms with Crippen molar-refractivity contribution < 1.29 is 9.53 Å². The number of amides is 1. The molecule has 3 aromatic heterocycles. The van der Waals surface area contributed by atoms with Crippen molar-refractivity contribution >= 4 is 6.09 Å². The van der Waals surface area contributed by atoms with E-state index in [2.05, 4.69) is 31.5 Å². The van der Waals surface area contributed by atoms with E-state index in [9.17, 15) is 4.79 Å². The van der Waals surface area contributed by atoms with Crippen LogP contribution in [-0.2, 0) is 18.3 Å². The van der Waals surface area contributed by atoms with Crippen molar-refractivity contribution in [2.75, 3.05) is 6.54 Å². The lowest BCUT2D eigenvalue weighted by Gasteiger charge is -2.19. The minimum Gasteiger partial charge on any atom is -0.444 e. The van der Waals surface area contributed by atoms with Gasteiger partial charge in [-0.05, 0) is 32.4 Å². The molecule has 33 heavy (non-hydrogen) atoms. The second-order valence-electron chi connectivity index (χ2n) is 8.70. The Morgan fingerprint density at radius 3 is 2.33 bits per heavy atom. The standard InChI is InChI=1S/C24H27N7O2/c1-24(2,3)33-23(32)25-8-9-31-16-21(14-29-31)19-11-26-22(27-12-19)18-7-5-6-17(10-18)20-13-28-30(4)15-20/h5-7,10-16H,8-9H2,1-4H3,(H,25,32). The Labute approximate surface area is 192 Å². The summed E-state index contributed by atoms with van der Waals surface area (Å²) in [4.78, 5) is 20.8. The molecule has 0 unspecified atom stereocenters. The largest absolute Gasteiger partial charge is 0.444 e. The van der Waals surface area contributed by atoms with Crippen LogP contribution in [0.3, 0.4) is 0 Å². The number of hydrogen-bond donors (Lipinski definition) is 1. The Morgan fingerprint density at radius 1 is 0.939 bits per heavy atom.